The smallest absolute Gasteiger partial charge is 0.416 e. The van der Waals surface area contributed by atoms with Crippen molar-refractivity contribution < 1.29 is 40.9 Å². The van der Waals surface area contributed by atoms with Crippen LogP contribution in [0, 0.1) is 28.5 Å². The Morgan fingerprint density at radius 2 is 1.82 bits per heavy atom. The molecular formula is C21H17F4N3O5S. The van der Waals surface area contributed by atoms with E-state index in [0.717, 1.165) is 12.1 Å². The number of sulfonamides is 1. The monoisotopic (exact) mass is 499 g/mol. The Morgan fingerprint density at radius 3 is 2.35 bits per heavy atom. The molecule has 2 aromatic rings. The van der Waals surface area contributed by atoms with Crippen molar-refractivity contribution in [2.45, 2.75) is 35.8 Å². The van der Waals surface area contributed by atoms with Gasteiger partial charge < -0.3 is 14.9 Å². The van der Waals surface area contributed by atoms with Crippen LogP contribution in [0.25, 0.3) is 0 Å². The number of halogens is 4. The van der Waals surface area contributed by atoms with E-state index in [1.165, 1.54) is 19.1 Å². The van der Waals surface area contributed by atoms with Crippen molar-refractivity contribution in [1.82, 2.24) is 4.31 Å². The number of aliphatic hydroxyl groups excluding tert-OH is 1. The average Bonchev–Trinajstić information content (AvgIpc) is 3.11. The second-order valence-corrected chi connectivity index (χ2v) is 9.55. The highest BCUT2D eigenvalue weighted by Crippen LogP contribution is 2.36. The molecule has 1 aliphatic rings. The summed E-state index contributed by atoms with van der Waals surface area (Å²) < 4.78 is 85.4. The minimum Gasteiger partial charge on any atom is -0.486 e. The van der Waals surface area contributed by atoms with Crippen molar-refractivity contribution >= 4 is 10.0 Å². The Morgan fingerprint density at radius 1 is 1.18 bits per heavy atom. The maximum Gasteiger partial charge on any atom is 0.416 e. The molecule has 13 heteroatoms. The number of nitriles is 2. The van der Waals surface area contributed by atoms with Gasteiger partial charge in [-0.3, -0.25) is 0 Å². The summed E-state index contributed by atoms with van der Waals surface area (Å²) in [7, 11) is -4.62. The van der Waals surface area contributed by atoms with Crippen molar-refractivity contribution in [3.8, 4) is 17.9 Å². The van der Waals surface area contributed by atoms with Gasteiger partial charge >= 0.3 is 6.18 Å². The summed E-state index contributed by atoms with van der Waals surface area (Å²) in [5.74, 6) is -1.08. The van der Waals surface area contributed by atoms with Crippen LogP contribution >= 0.6 is 0 Å². The second kappa shape index (κ2) is 8.85. The van der Waals surface area contributed by atoms with E-state index in [0.29, 0.717) is 22.5 Å². The van der Waals surface area contributed by atoms with Crippen LogP contribution in [0.3, 0.4) is 0 Å². The summed E-state index contributed by atoms with van der Waals surface area (Å²) in [6.07, 6.45) is -7.76. The minimum atomic E-state index is -4.80. The van der Waals surface area contributed by atoms with Crippen LogP contribution in [0.5, 0.6) is 5.75 Å². The molecule has 0 aliphatic carbocycles. The summed E-state index contributed by atoms with van der Waals surface area (Å²) in [4.78, 5) is -0.721. The molecular weight excluding hydrogens is 482 g/mol. The molecule has 2 aromatic carbocycles. The molecule has 0 spiro atoms. The maximum absolute atomic E-state index is 13.9. The number of alkyl halides is 3. The fourth-order valence-corrected chi connectivity index (χ4v) is 5.11. The number of rotatable bonds is 5. The van der Waals surface area contributed by atoms with Gasteiger partial charge in [0, 0.05) is 12.6 Å². The summed E-state index contributed by atoms with van der Waals surface area (Å²) in [6, 6.07) is 7.77. The first kappa shape index (κ1) is 25.4. The SMILES string of the molecule is C[C@H](O)[C@]1(O)CN(S(=O)(=O)c2ccc(C(F)(F)F)cc2C#N)C[C@@H]1Oc1ccc(C#N)c(F)c1. The van der Waals surface area contributed by atoms with Gasteiger partial charge in [-0.05, 0) is 37.3 Å². The third kappa shape index (κ3) is 4.56. The molecule has 0 bridgehead atoms. The molecule has 3 atom stereocenters. The zero-order chi connectivity index (χ0) is 25.5. The Labute approximate surface area is 191 Å². The van der Waals surface area contributed by atoms with E-state index in [-0.39, 0.29) is 11.3 Å². The Balaban J connectivity index is 1.97. The van der Waals surface area contributed by atoms with E-state index in [9.17, 15) is 41.5 Å². The van der Waals surface area contributed by atoms with Crippen LogP contribution in [-0.2, 0) is 16.2 Å². The number of benzene rings is 2. The van der Waals surface area contributed by atoms with Crippen LogP contribution in [0.2, 0.25) is 0 Å². The van der Waals surface area contributed by atoms with E-state index in [1.807, 2.05) is 0 Å². The number of hydrogen-bond acceptors (Lipinski definition) is 7. The van der Waals surface area contributed by atoms with E-state index in [4.69, 9.17) is 10.00 Å². The maximum atomic E-state index is 13.9. The van der Waals surface area contributed by atoms with Crippen molar-refractivity contribution in [3.05, 3.63) is 58.9 Å². The lowest BCUT2D eigenvalue weighted by Gasteiger charge is -2.31. The number of β-amino-alcohol motifs (C(OH)–C–C–N with tert-alkyl or cyclic N) is 1. The molecule has 0 saturated carbocycles. The van der Waals surface area contributed by atoms with Crippen LogP contribution < -0.4 is 4.74 Å². The van der Waals surface area contributed by atoms with Gasteiger partial charge in [-0.15, -0.1) is 0 Å². The molecule has 34 heavy (non-hydrogen) atoms. The van der Waals surface area contributed by atoms with E-state index >= 15 is 0 Å². The topological polar surface area (TPSA) is 135 Å². The number of hydrogen-bond donors (Lipinski definition) is 2. The predicted molar refractivity (Wildman–Crippen MR) is 107 cm³/mol. The van der Waals surface area contributed by atoms with E-state index < -0.39 is 68.9 Å². The van der Waals surface area contributed by atoms with Gasteiger partial charge in [-0.1, -0.05) is 0 Å². The normalized spacial score (nSPS) is 22.1. The summed E-state index contributed by atoms with van der Waals surface area (Å²) in [5.41, 5.74) is -4.43. The van der Waals surface area contributed by atoms with Crippen LogP contribution in [0.15, 0.2) is 41.3 Å². The van der Waals surface area contributed by atoms with Crippen molar-refractivity contribution in [2.24, 2.45) is 0 Å². The fraction of sp³-hybridized carbons (Fsp3) is 0.333. The average molecular weight is 499 g/mol. The number of nitrogens with zero attached hydrogens (tertiary/aromatic N) is 3. The van der Waals surface area contributed by atoms with Crippen molar-refractivity contribution in [1.29, 1.82) is 10.5 Å². The molecule has 1 saturated heterocycles. The van der Waals surface area contributed by atoms with Crippen LogP contribution in [0.1, 0.15) is 23.6 Å². The van der Waals surface area contributed by atoms with Crippen molar-refractivity contribution in [3.63, 3.8) is 0 Å². The molecule has 180 valence electrons. The first-order chi connectivity index (χ1) is 15.7. The second-order valence-electron chi connectivity index (χ2n) is 7.65. The van der Waals surface area contributed by atoms with Crippen LogP contribution in [-0.4, -0.2) is 53.8 Å². The number of aliphatic hydroxyl groups is 2. The molecule has 0 radical (unpaired) electrons. The zero-order valence-electron chi connectivity index (χ0n) is 17.4. The highest BCUT2D eigenvalue weighted by Gasteiger charge is 2.54. The van der Waals surface area contributed by atoms with Gasteiger partial charge in [-0.25, -0.2) is 12.8 Å². The Hall–Kier alpha value is -3.23. The third-order valence-electron chi connectivity index (χ3n) is 5.46. The van der Waals surface area contributed by atoms with Gasteiger partial charge in [0.15, 0.2) is 0 Å². The molecule has 3 rings (SSSR count). The molecule has 8 nitrogen and oxygen atoms in total. The minimum absolute atomic E-state index is 0.160. The van der Waals surface area contributed by atoms with E-state index in [1.54, 1.807) is 6.07 Å². The Kier molecular flexibility index (Phi) is 6.61. The molecule has 1 heterocycles. The van der Waals surface area contributed by atoms with Gasteiger partial charge in [0.25, 0.3) is 0 Å². The molecule has 0 amide bonds. The van der Waals surface area contributed by atoms with Gasteiger partial charge in [0.1, 0.15) is 35.4 Å². The Bertz CT molecular complexity index is 1300. The standard InChI is InChI=1S/C21H17F4N3O5S/c1-12(29)20(30)11-28(10-19(20)33-16-4-2-13(8-26)17(22)7-16)34(31,32)18-5-3-15(21(23,24)25)6-14(18)9-27/h2-7,12,19,29-30H,10-11H2,1H3/t12-,19-,20+/m0/s1. The highest BCUT2D eigenvalue weighted by atomic mass is 32.2. The molecule has 2 N–H and O–H groups in total. The van der Waals surface area contributed by atoms with E-state index in [2.05, 4.69) is 0 Å². The fourth-order valence-electron chi connectivity index (χ4n) is 3.50. The molecule has 1 fully saturated rings. The quantitative estimate of drug-likeness (QED) is 0.602. The summed E-state index contributed by atoms with van der Waals surface area (Å²) in [5, 5.41) is 39.2. The first-order valence-electron chi connectivity index (χ1n) is 9.62. The van der Waals surface area contributed by atoms with Crippen molar-refractivity contribution in [2.75, 3.05) is 13.1 Å². The summed E-state index contributed by atoms with van der Waals surface area (Å²) >= 11 is 0. The molecule has 0 aromatic heterocycles. The molecule has 1 aliphatic heterocycles. The zero-order valence-corrected chi connectivity index (χ0v) is 18.2. The van der Waals surface area contributed by atoms with Gasteiger partial charge in [0.2, 0.25) is 10.0 Å². The summed E-state index contributed by atoms with van der Waals surface area (Å²) in [6.45, 7) is -0.121. The predicted octanol–water partition coefficient (Wildman–Crippen LogP) is 2.15. The molecule has 0 unspecified atom stereocenters. The largest absolute Gasteiger partial charge is 0.486 e. The lowest BCUT2D eigenvalue weighted by atomic mass is 9.94. The van der Waals surface area contributed by atoms with Crippen LogP contribution in [0.4, 0.5) is 17.6 Å². The first-order valence-corrected chi connectivity index (χ1v) is 11.1. The lowest BCUT2D eigenvalue weighted by molar-refractivity contribution is -0.137. The van der Waals surface area contributed by atoms with Gasteiger partial charge in [0.05, 0.1) is 34.2 Å². The lowest BCUT2D eigenvalue weighted by Crippen LogP contribution is -2.53. The highest BCUT2D eigenvalue weighted by molar-refractivity contribution is 7.89. The third-order valence-corrected chi connectivity index (χ3v) is 7.33. The number of ether oxygens (including phenoxy) is 1. The van der Waals surface area contributed by atoms with Gasteiger partial charge in [-0.2, -0.15) is 28.0 Å².